The summed E-state index contributed by atoms with van der Waals surface area (Å²) in [5.74, 6) is 0. The molecule has 0 radical (unpaired) electrons. The molecule has 5 rings (SSSR count). The standard InChI is InChI=1S/C27H25N3O/c1-20-13-15-22(16-14-20)26-25-12-7-17-29(25)24-11-6-5-10-23(24)19-30(26)27(31)28-18-21-8-3-2-4-9-21/h2-17,26H,18-19H2,1H3,(H,28,31). The number of carbonyl (C=O) groups excluding carboxylic acids is 1. The van der Waals surface area contributed by atoms with Gasteiger partial charge in [-0.05, 0) is 41.8 Å². The molecule has 0 bridgehead atoms. The van der Waals surface area contributed by atoms with Crippen LogP contribution in [0.2, 0.25) is 0 Å². The van der Waals surface area contributed by atoms with Crippen LogP contribution in [0.1, 0.15) is 34.0 Å². The zero-order chi connectivity index (χ0) is 21.2. The average Bonchev–Trinajstić information content (AvgIpc) is 3.23. The molecule has 2 amide bonds. The fraction of sp³-hybridized carbons (Fsp3) is 0.148. The van der Waals surface area contributed by atoms with E-state index in [1.807, 2.05) is 41.3 Å². The molecule has 0 saturated carbocycles. The van der Waals surface area contributed by atoms with Crippen LogP contribution < -0.4 is 5.32 Å². The molecule has 1 unspecified atom stereocenters. The van der Waals surface area contributed by atoms with Gasteiger partial charge in [-0.25, -0.2) is 4.79 Å². The molecule has 3 aromatic carbocycles. The number of rotatable bonds is 3. The van der Waals surface area contributed by atoms with Gasteiger partial charge in [0.15, 0.2) is 0 Å². The number of hydrogen-bond acceptors (Lipinski definition) is 1. The van der Waals surface area contributed by atoms with Crippen LogP contribution >= 0.6 is 0 Å². The molecule has 4 nitrogen and oxygen atoms in total. The number of nitrogens with one attached hydrogen (secondary N) is 1. The SMILES string of the molecule is Cc1ccc(C2c3cccn3-c3ccccc3CN2C(=O)NCc2ccccc2)cc1. The second kappa shape index (κ2) is 8.15. The highest BCUT2D eigenvalue weighted by atomic mass is 16.2. The van der Waals surface area contributed by atoms with Crippen molar-refractivity contribution in [2.24, 2.45) is 0 Å². The highest BCUT2D eigenvalue weighted by Gasteiger charge is 2.32. The molecule has 0 saturated heterocycles. The molecular formula is C27H25N3O. The van der Waals surface area contributed by atoms with Crippen LogP contribution in [-0.4, -0.2) is 15.5 Å². The van der Waals surface area contributed by atoms with Crippen molar-refractivity contribution in [3.05, 3.63) is 125 Å². The number of aryl methyl sites for hydroxylation is 1. The molecule has 1 atom stereocenters. The van der Waals surface area contributed by atoms with Crippen molar-refractivity contribution in [1.29, 1.82) is 0 Å². The van der Waals surface area contributed by atoms with E-state index in [9.17, 15) is 4.79 Å². The van der Waals surface area contributed by atoms with Crippen molar-refractivity contribution < 1.29 is 4.79 Å². The third kappa shape index (κ3) is 3.73. The monoisotopic (exact) mass is 407 g/mol. The predicted octanol–water partition coefficient (Wildman–Crippen LogP) is 5.60. The minimum atomic E-state index is -0.182. The fourth-order valence-electron chi connectivity index (χ4n) is 4.31. The number of para-hydroxylation sites is 1. The molecule has 0 aliphatic carbocycles. The van der Waals surface area contributed by atoms with Crippen molar-refractivity contribution in [3.63, 3.8) is 0 Å². The first-order valence-electron chi connectivity index (χ1n) is 10.6. The first-order chi connectivity index (χ1) is 15.2. The largest absolute Gasteiger partial charge is 0.334 e. The quantitative estimate of drug-likeness (QED) is 0.472. The van der Waals surface area contributed by atoms with Gasteiger partial charge in [0.2, 0.25) is 0 Å². The fourth-order valence-corrected chi connectivity index (χ4v) is 4.31. The van der Waals surface area contributed by atoms with Crippen molar-refractivity contribution >= 4 is 6.03 Å². The summed E-state index contributed by atoms with van der Waals surface area (Å²) in [5.41, 5.74) is 6.73. The molecule has 1 aromatic heterocycles. The molecule has 0 fully saturated rings. The van der Waals surface area contributed by atoms with Crippen LogP contribution in [0.4, 0.5) is 4.79 Å². The Morgan fingerprint density at radius 3 is 2.45 bits per heavy atom. The van der Waals surface area contributed by atoms with Gasteiger partial charge < -0.3 is 14.8 Å². The number of fused-ring (bicyclic) bond motifs is 3. The Hall–Kier alpha value is -3.79. The number of benzene rings is 3. The summed E-state index contributed by atoms with van der Waals surface area (Å²) in [4.78, 5) is 15.5. The number of carbonyl (C=O) groups is 1. The highest BCUT2D eigenvalue weighted by Crippen LogP contribution is 2.36. The van der Waals surface area contributed by atoms with E-state index in [2.05, 4.69) is 77.6 Å². The second-order valence-electron chi connectivity index (χ2n) is 8.02. The minimum Gasteiger partial charge on any atom is -0.334 e. The first-order valence-corrected chi connectivity index (χ1v) is 10.6. The van der Waals surface area contributed by atoms with Crippen LogP contribution in [0.5, 0.6) is 0 Å². The number of amides is 2. The Morgan fingerprint density at radius 2 is 1.65 bits per heavy atom. The molecule has 4 heteroatoms. The Balaban J connectivity index is 1.56. The molecule has 1 N–H and O–H groups in total. The number of hydrogen-bond donors (Lipinski definition) is 1. The summed E-state index contributed by atoms with van der Waals surface area (Å²) in [6.45, 7) is 3.12. The molecule has 1 aliphatic heterocycles. The van der Waals surface area contributed by atoms with Gasteiger partial charge >= 0.3 is 6.03 Å². The Kier molecular flexibility index (Phi) is 5.04. The van der Waals surface area contributed by atoms with E-state index < -0.39 is 0 Å². The molecule has 154 valence electrons. The van der Waals surface area contributed by atoms with E-state index in [0.29, 0.717) is 13.1 Å². The van der Waals surface area contributed by atoms with E-state index in [4.69, 9.17) is 0 Å². The molecule has 31 heavy (non-hydrogen) atoms. The van der Waals surface area contributed by atoms with Gasteiger partial charge in [0, 0.05) is 18.4 Å². The van der Waals surface area contributed by atoms with E-state index in [1.165, 1.54) is 5.56 Å². The maximum Gasteiger partial charge on any atom is 0.318 e. The van der Waals surface area contributed by atoms with E-state index in [1.54, 1.807) is 0 Å². The van der Waals surface area contributed by atoms with Crippen LogP contribution in [0.25, 0.3) is 5.69 Å². The molecule has 1 aliphatic rings. The maximum atomic E-state index is 13.5. The van der Waals surface area contributed by atoms with Crippen LogP contribution in [0.3, 0.4) is 0 Å². The third-order valence-electron chi connectivity index (χ3n) is 5.90. The lowest BCUT2D eigenvalue weighted by Crippen LogP contribution is -2.41. The molecule has 2 heterocycles. The summed E-state index contributed by atoms with van der Waals surface area (Å²) in [6, 6.07) is 30.7. The van der Waals surface area contributed by atoms with Crippen molar-refractivity contribution in [1.82, 2.24) is 14.8 Å². The van der Waals surface area contributed by atoms with Gasteiger partial charge in [-0.15, -0.1) is 0 Å². The normalized spacial score (nSPS) is 15.0. The van der Waals surface area contributed by atoms with Gasteiger partial charge in [0.05, 0.1) is 18.3 Å². The lowest BCUT2D eigenvalue weighted by atomic mass is 10.0. The average molecular weight is 408 g/mol. The minimum absolute atomic E-state index is 0.0705. The summed E-state index contributed by atoms with van der Waals surface area (Å²) in [7, 11) is 0. The van der Waals surface area contributed by atoms with Gasteiger partial charge in [-0.1, -0.05) is 78.4 Å². The highest BCUT2D eigenvalue weighted by molar-refractivity contribution is 5.76. The molecular weight excluding hydrogens is 382 g/mol. The van der Waals surface area contributed by atoms with Gasteiger partial charge in [-0.3, -0.25) is 0 Å². The second-order valence-corrected chi connectivity index (χ2v) is 8.02. The van der Waals surface area contributed by atoms with Crippen LogP contribution in [-0.2, 0) is 13.1 Å². The molecule has 4 aromatic rings. The third-order valence-corrected chi connectivity index (χ3v) is 5.90. The van der Waals surface area contributed by atoms with E-state index in [0.717, 1.165) is 28.1 Å². The van der Waals surface area contributed by atoms with Gasteiger partial charge in [0.25, 0.3) is 0 Å². The Morgan fingerprint density at radius 1 is 0.903 bits per heavy atom. The maximum absolute atomic E-state index is 13.5. The summed E-state index contributed by atoms with van der Waals surface area (Å²) < 4.78 is 2.21. The topological polar surface area (TPSA) is 37.3 Å². The first kappa shape index (κ1) is 19.2. The lowest BCUT2D eigenvalue weighted by molar-refractivity contribution is 0.180. The van der Waals surface area contributed by atoms with Crippen molar-refractivity contribution in [2.75, 3.05) is 0 Å². The zero-order valence-electron chi connectivity index (χ0n) is 17.5. The van der Waals surface area contributed by atoms with Crippen molar-refractivity contribution in [2.45, 2.75) is 26.1 Å². The summed E-state index contributed by atoms with van der Waals surface area (Å²) >= 11 is 0. The number of nitrogens with zero attached hydrogens (tertiary/aromatic N) is 2. The number of urea groups is 1. The predicted molar refractivity (Wildman–Crippen MR) is 123 cm³/mol. The summed E-state index contributed by atoms with van der Waals surface area (Å²) in [5, 5.41) is 3.14. The smallest absolute Gasteiger partial charge is 0.318 e. The molecule has 0 spiro atoms. The summed E-state index contributed by atoms with van der Waals surface area (Å²) in [6.07, 6.45) is 2.08. The van der Waals surface area contributed by atoms with Gasteiger partial charge in [-0.2, -0.15) is 0 Å². The lowest BCUT2D eigenvalue weighted by Gasteiger charge is -2.31. The van der Waals surface area contributed by atoms with Crippen LogP contribution in [0.15, 0.2) is 97.2 Å². The zero-order valence-corrected chi connectivity index (χ0v) is 17.5. The number of aromatic nitrogens is 1. The van der Waals surface area contributed by atoms with E-state index >= 15 is 0 Å². The van der Waals surface area contributed by atoms with E-state index in [-0.39, 0.29) is 12.1 Å². The Labute approximate surface area is 182 Å². The van der Waals surface area contributed by atoms with Crippen molar-refractivity contribution in [3.8, 4) is 5.69 Å². The Bertz CT molecular complexity index is 1190. The van der Waals surface area contributed by atoms with Crippen LogP contribution in [0, 0.1) is 6.92 Å². The van der Waals surface area contributed by atoms with Gasteiger partial charge in [0.1, 0.15) is 0 Å².